The van der Waals surface area contributed by atoms with Crippen LogP contribution >= 0.6 is 0 Å². The van der Waals surface area contributed by atoms with Crippen LogP contribution in [0.5, 0.6) is 0 Å². The van der Waals surface area contributed by atoms with Crippen molar-refractivity contribution in [2.45, 2.75) is 92.4 Å². The lowest BCUT2D eigenvalue weighted by molar-refractivity contribution is 0.431. The van der Waals surface area contributed by atoms with Gasteiger partial charge >= 0.3 is 0 Å². The normalized spacial score (nSPS) is 13.9. The molecule has 2 unspecified atom stereocenters. The zero-order chi connectivity index (χ0) is 15.2. The quantitative estimate of drug-likeness (QED) is 0.262. The molecule has 0 radical (unpaired) electrons. The van der Waals surface area contributed by atoms with Crippen molar-refractivity contribution in [1.29, 1.82) is 0 Å². The van der Waals surface area contributed by atoms with E-state index in [1.807, 2.05) is 0 Å². The molecule has 0 saturated heterocycles. The third kappa shape index (κ3) is 13.9. The van der Waals surface area contributed by atoms with Crippen LogP contribution < -0.4 is 0 Å². The molecule has 0 aromatic carbocycles. The molecule has 0 nitrogen and oxygen atoms in total. The fourth-order valence-corrected chi connectivity index (χ4v) is 2.44. The molecule has 118 valence electrons. The van der Waals surface area contributed by atoms with Gasteiger partial charge in [-0.3, -0.25) is 0 Å². The summed E-state index contributed by atoms with van der Waals surface area (Å²) in [4.78, 5) is 0. The van der Waals surface area contributed by atoms with Crippen molar-refractivity contribution in [2.75, 3.05) is 0 Å². The molecule has 0 aromatic rings. The molecule has 0 aliphatic rings. The topological polar surface area (TPSA) is 0 Å². The van der Waals surface area contributed by atoms with Gasteiger partial charge in [0.15, 0.2) is 0 Å². The second kappa shape index (κ2) is 13.5. The van der Waals surface area contributed by atoms with E-state index in [2.05, 4.69) is 52.5 Å². The van der Waals surface area contributed by atoms with Gasteiger partial charge in [0.25, 0.3) is 0 Å². The Hall–Kier alpha value is -0.480. The van der Waals surface area contributed by atoms with E-state index in [1.54, 1.807) is 0 Å². The van der Waals surface area contributed by atoms with Crippen LogP contribution in [0.4, 0.5) is 0 Å². The minimum atomic E-state index is 0.686. The van der Waals surface area contributed by atoms with Gasteiger partial charge in [-0.1, -0.05) is 73.1 Å². The zero-order valence-corrected chi connectivity index (χ0v) is 14.8. The van der Waals surface area contributed by atoms with Gasteiger partial charge in [-0.15, -0.1) is 5.73 Å². The highest BCUT2D eigenvalue weighted by Crippen LogP contribution is 2.18. The Morgan fingerprint density at radius 3 is 2.25 bits per heavy atom. The van der Waals surface area contributed by atoms with E-state index in [0.29, 0.717) is 5.92 Å². The Morgan fingerprint density at radius 1 is 0.850 bits per heavy atom. The van der Waals surface area contributed by atoms with Gasteiger partial charge in [-0.05, 0) is 49.2 Å². The maximum Gasteiger partial charge on any atom is -0.0186 e. The fraction of sp³-hybridized carbons (Fsp3) is 0.850. The van der Waals surface area contributed by atoms with Crippen molar-refractivity contribution in [3.05, 3.63) is 17.9 Å². The third-order valence-corrected chi connectivity index (χ3v) is 4.04. The highest BCUT2D eigenvalue weighted by molar-refractivity contribution is 4.88. The van der Waals surface area contributed by atoms with E-state index < -0.39 is 0 Å². The number of rotatable bonds is 12. The average Bonchev–Trinajstić information content (AvgIpc) is 2.41. The first kappa shape index (κ1) is 19.5. The third-order valence-electron chi connectivity index (χ3n) is 4.04. The Morgan fingerprint density at radius 2 is 1.60 bits per heavy atom. The van der Waals surface area contributed by atoms with Gasteiger partial charge in [-0.2, -0.15) is 0 Å². The maximum absolute atomic E-state index is 3.39. The molecule has 0 heterocycles. The summed E-state index contributed by atoms with van der Waals surface area (Å²) in [6, 6.07) is 0. The van der Waals surface area contributed by atoms with Crippen LogP contribution in [0.15, 0.2) is 17.9 Å². The largest absolute Gasteiger partial charge is 0.129 e. The Kier molecular flexibility index (Phi) is 13.2. The first-order valence-corrected chi connectivity index (χ1v) is 8.97. The van der Waals surface area contributed by atoms with Crippen molar-refractivity contribution in [1.82, 2.24) is 0 Å². The Bertz CT molecular complexity index is 255. The van der Waals surface area contributed by atoms with Crippen molar-refractivity contribution >= 4 is 0 Å². The number of allylic oxidation sites excluding steroid dienone is 1. The Labute approximate surface area is 128 Å². The molecule has 0 amide bonds. The predicted molar refractivity (Wildman–Crippen MR) is 93.0 cm³/mol. The van der Waals surface area contributed by atoms with E-state index >= 15 is 0 Å². The highest BCUT2D eigenvalue weighted by Gasteiger charge is 2.03. The first-order chi connectivity index (χ1) is 9.56. The lowest BCUT2D eigenvalue weighted by Gasteiger charge is -2.12. The molecule has 0 bridgehead atoms. The SMILES string of the molecule is CCCCC(C)CCC(C)C=C=CCCCCC(C)C. The summed E-state index contributed by atoms with van der Waals surface area (Å²) >= 11 is 0. The molecular weight excluding hydrogens is 240 g/mol. The number of hydrogen-bond acceptors (Lipinski definition) is 0. The summed E-state index contributed by atoms with van der Waals surface area (Å²) in [5, 5.41) is 0. The standard InChI is InChI=1S/C20H38/c1-6-7-14-19(4)16-17-20(5)15-12-10-8-9-11-13-18(2)3/h10,15,18-20H,6-9,11,13-14,16-17H2,1-5H3. The lowest BCUT2D eigenvalue weighted by Crippen LogP contribution is -1.98. The summed E-state index contributed by atoms with van der Waals surface area (Å²) in [5.41, 5.74) is 3.39. The van der Waals surface area contributed by atoms with Crippen LogP contribution in [-0.4, -0.2) is 0 Å². The minimum absolute atomic E-state index is 0.686. The highest BCUT2D eigenvalue weighted by atomic mass is 14.1. The van der Waals surface area contributed by atoms with Crippen LogP contribution in [0.3, 0.4) is 0 Å². The molecule has 0 aliphatic heterocycles. The first-order valence-electron chi connectivity index (χ1n) is 8.97. The molecule has 20 heavy (non-hydrogen) atoms. The van der Waals surface area contributed by atoms with Crippen LogP contribution in [0.2, 0.25) is 0 Å². The van der Waals surface area contributed by atoms with Gasteiger partial charge < -0.3 is 0 Å². The van der Waals surface area contributed by atoms with Crippen molar-refractivity contribution in [3.8, 4) is 0 Å². The zero-order valence-electron chi connectivity index (χ0n) is 14.8. The summed E-state index contributed by atoms with van der Waals surface area (Å²) in [6.45, 7) is 11.6. The van der Waals surface area contributed by atoms with Gasteiger partial charge in [0, 0.05) is 0 Å². The Balaban J connectivity index is 3.62. The molecule has 0 N–H and O–H groups in total. The smallest absolute Gasteiger partial charge is 0.0186 e. The molecule has 0 saturated carbocycles. The van der Waals surface area contributed by atoms with Crippen LogP contribution in [0.25, 0.3) is 0 Å². The number of unbranched alkanes of at least 4 members (excludes halogenated alkanes) is 3. The van der Waals surface area contributed by atoms with E-state index in [9.17, 15) is 0 Å². The van der Waals surface area contributed by atoms with Crippen molar-refractivity contribution in [3.63, 3.8) is 0 Å². The predicted octanol–water partition coefficient (Wildman–Crippen LogP) is 7.16. The van der Waals surface area contributed by atoms with E-state index in [0.717, 1.165) is 11.8 Å². The second-order valence-electron chi connectivity index (χ2n) is 7.02. The van der Waals surface area contributed by atoms with Gasteiger partial charge in [0.2, 0.25) is 0 Å². The summed E-state index contributed by atoms with van der Waals surface area (Å²) < 4.78 is 0. The second-order valence-corrected chi connectivity index (χ2v) is 7.02. The van der Waals surface area contributed by atoms with Crippen LogP contribution in [0.1, 0.15) is 92.4 Å². The number of hydrogen-bond donors (Lipinski definition) is 0. The lowest BCUT2D eigenvalue weighted by atomic mass is 9.94. The van der Waals surface area contributed by atoms with Gasteiger partial charge in [0.1, 0.15) is 0 Å². The molecule has 0 aliphatic carbocycles. The summed E-state index contributed by atoms with van der Waals surface area (Å²) in [7, 11) is 0. The fourth-order valence-electron chi connectivity index (χ4n) is 2.44. The molecule has 0 rings (SSSR count). The molecule has 0 heteroatoms. The van der Waals surface area contributed by atoms with E-state index in [1.165, 1.54) is 57.8 Å². The van der Waals surface area contributed by atoms with Crippen LogP contribution in [-0.2, 0) is 0 Å². The molecule has 0 spiro atoms. The van der Waals surface area contributed by atoms with Gasteiger partial charge in [0.05, 0.1) is 0 Å². The monoisotopic (exact) mass is 278 g/mol. The molecular formula is C20H38. The van der Waals surface area contributed by atoms with Crippen LogP contribution in [0, 0.1) is 17.8 Å². The molecule has 0 aromatic heterocycles. The van der Waals surface area contributed by atoms with E-state index in [4.69, 9.17) is 0 Å². The minimum Gasteiger partial charge on any atom is -0.129 e. The molecule has 0 fully saturated rings. The summed E-state index contributed by atoms with van der Waals surface area (Å²) in [5.74, 6) is 2.43. The van der Waals surface area contributed by atoms with Gasteiger partial charge in [-0.25, -0.2) is 0 Å². The summed E-state index contributed by atoms with van der Waals surface area (Å²) in [6.07, 6.45) is 16.6. The molecule has 2 atom stereocenters. The van der Waals surface area contributed by atoms with E-state index in [-0.39, 0.29) is 0 Å². The van der Waals surface area contributed by atoms with Crippen molar-refractivity contribution < 1.29 is 0 Å². The maximum atomic E-state index is 3.39. The van der Waals surface area contributed by atoms with Crippen molar-refractivity contribution in [2.24, 2.45) is 17.8 Å². The average molecular weight is 279 g/mol.